The lowest BCUT2D eigenvalue weighted by atomic mass is 9.99. The van der Waals surface area contributed by atoms with Gasteiger partial charge in [-0.2, -0.15) is 0 Å². The quantitative estimate of drug-likeness (QED) is 0.868. The summed E-state index contributed by atoms with van der Waals surface area (Å²) in [6.07, 6.45) is 0. The Morgan fingerprint density at radius 1 is 0.941 bits per heavy atom. The van der Waals surface area contributed by atoms with Crippen LogP contribution in [0.15, 0.2) is 42.5 Å². The van der Waals surface area contributed by atoms with E-state index in [1.54, 1.807) is 12.1 Å². The monoisotopic (exact) mass is 253 g/mol. The summed E-state index contributed by atoms with van der Waals surface area (Å²) in [7, 11) is 0. The Morgan fingerprint density at radius 2 is 1.59 bits per heavy atom. The molecule has 0 saturated heterocycles. The van der Waals surface area contributed by atoms with Gasteiger partial charge in [0.1, 0.15) is 11.6 Å². The van der Waals surface area contributed by atoms with E-state index in [0.717, 1.165) is 6.07 Å². The molecule has 0 amide bonds. The Bertz CT molecular complexity index is 543. The van der Waals surface area contributed by atoms with Crippen molar-refractivity contribution in [2.24, 2.45) is 5.73 Å². The van der Waals surface area contributed by atoms with Gasteiger partial charge >= 0.3 is 0 Å². The average Bonchev–Trinajstić information content (AvgIpc) is 2.29. The van der Waals surface area contributed by atoms with E-state index in [2.05, 4.69) is 0 Å². The molecule has 2 N–H and O–H groups in total. The van der Waals surface area contributed by atoms with Crippen LogP contribution in [-0.4, -0.2) is 0 Å². The number of nitrogens with two attached hydrogens (primary N) is 1. The van der Waals surface area contributed by atoms with Crippen molar-refractivity contribution in [3.05, 3.63) is 70.2 Å². The summed E-state index contributed by atoms with van der Waals surface area (Å²) in [4.78, 5) is 0. The van der Waals surface area contributed by atoms with Gasteiger partial charge in [-0.05, 0) is 18.2 Å². The van der Waals surface area contributed by atoms with Crippen molar-refractivity contribution >= 4 is 11.6 Å². The first-order chi connectivity index (χ1) is 8.09. The van der Waals surface area contributed by atoms with Crippen molar-refractivity contribution in [3.63, 3.8) is 0 Å². The molecule has 17 heavy (non-hydrogen) atoms. The van der Waals surface area contributed by atoms with Crippen LogP contribution in [0.3, 0.4) is 0 Å². The Kier molecular flexibility index (Phi) is 3.41. The summed E-state index contributed by atoms with van der Waals surface area (Å²) in [5, 5.41) is 0.284. The van der Waals surface area contributed by atoms with Crippen molar-refractivity contribution in [2.75, 3.05) is 0 Å². The number of rotatable bonds is 2. The molecule has 2 aromatic carbocycles. The Balaban J connectivity index is 2.44. The number of benzene rings is 2. The molecule has 2 rings (SSSR count). The van der Waals surface area contributed by atoms with Crippen LogP contribution in [0.4, 0.5) is 8.78 Å². The smallest absolute Gasteiger partial charge is 0.129 e. The molecule has 88 valence electrons. The standard InChI is InChI=1S/C13H10ClF2N/c14-8-5-6-10(12(16)7-8)13(17)9-3-1-2-4-11(9)15/h1-7,13H,17H2. The fourth-order valence-electron chi connectivity index (χ4n) is 1.65. The van der Waals surface area contributed by atoms with Crippen LogP contribution in [0.1, 0.15) is 17.2 Å². The van der Waals surface area contributed by atoms with Gasteiger partial charge < -0.3 is 5.73 Å². The van der Waals surface area contributed by atoms with Crippen LogP contribution < -0.4 is 5.73 Å². The zero-order valence-electron chi connectivity index (χ0n) is 8.83. The fraction of sp³-hybridized carbons (Fsp3) is 0.0769. The largest absolute Gasteiger partial charge is 0.320 e. The first-order valence-corrected chi connectivity index (χ1v) is 5.42. The van der Waals surface area contributed by atoms with Gasteiger partial charge in [0.25, 0.3) is 0 Å². The summed E-state index contributed by atoms with van der Waals surface area (Å²) < 4.78 is 27.1. The SMILES string of the molecule is NC(c1ccccc1F)c1ccc(Cl)cc1F. The number of hydrogen-bond acceptors (Lipinski definition) is 1. The summed E-state index contributed by atoms with van der Waals surface area (Å²) in [5.74, 6) is -0.984. The lowest BCUT2D eigenvalue weighted by Gasteiger charge is -2.14. The van der Waals surface area contributed by atoms with E-state index < -0.39 is 17.7 Å². The zero-order chi connectivity index (χ0) is 12.4. The molecule has 1 nitrogen and oxygen atoms in total. The predicted octanol–water partition coefficient (Wildman–Crippen LogP) is 3.67. The first kappa shape index (κ1) is 12.0. The maximum atomic E-state index is 13.6. The molecule has 0 radical (unpaired) electrons. The summed E-state index contributed by atoms with van der Waals surface area (Å²) >= 11 is 5.64. The van der Waals surface area contributed by atoms with Crippen molar-refractivity contribution in [3.8, 4) is 0 Å². The summed E-state index contributed by atoms with van der Waals surface area (Å²) in [6, 6.07) is 9.37. The van der Waals surface area contributed by atoms with Crippen LogP contribution in [0, 0.1) is 11.6 Å². The molecule has 0 aromatic heterocycles. The minimum Gasteiger partial charge on any atom is -0.320 e. The van der Waals surface area contributed by atoms with Gasteiger partial charge in [-0.25, -0.2) is 8.78 Å². The molecule has 0 aliphatic heterocycles. The molecule has 1 unspecified atom stereocenters. The highest BCUT2D eigenvalue weighted by atomic mass is 35.5. The second-order valence-electron chi connectivity index (χ2n) is 3.67. The molecular weight excluding hydrogens is 244 g/mol. The van der Waals surface area contributed by atoms with Gasteiger partial charge in [0, 0.05) is 16.1 Å². The normalized spacial score (nSPS) is 12.5. The van der Waals surface area contributed by atoms with Crippen LogP contribution in [0.25, 0.3) is 0 Å². The summed E-state index contributed by atoms with van der Waals surface area (Å²) in [5.41, 5.74) is 6.32. The molecule has 2 aromatic rings. The van der Waals surface area contributed by atoms with Crippen molar-refractivity contribution in [1.29, 1.82) is 0 Å². The van der Waals surface area contributed by atoms with Gasteiger partial charge in [0.15, 0.2) is 0 Å². The van der Waals surface area contributed by atoms with Crippen molar-refractivity contribution in [1.82, 2.24) is 0 Å². The molecule has 1 atom stereocenters. The van der Waals surface area contributed by atoms with Gasteiger partial charge in [0.05, 0.1) is 6.04 Å². The lowest BCUT2D eigenvalue weighted by Crippen LogP contribution is -2.15. The molecule has 4 heteroatoms. The molecular formula is C13H10ClF2N. The maximum absolute atomic E-state index is 13.6. The molecule has 0 aliphatic rings. The lowest BCUT2D eigenvalue weighted by molar-refractivity contribution is 0.576. The van der Waals surface area contributed by atoms with Crippen molar-refractivity contribution in [2.45, 2.75) is 6.04 Å². The molecule has 0 bridgehead atoms. The predicted molar refractivity (Wildman–Crippen MR) is 63.8 cm³/mol. The summed E-state index contributed by atoms with van der Waals surface area (Å²) in [6.45, 7) is 0. The van der Waals surface area contributed by atoms with Crippen LogP contribution in [-0.2, 0) is 0 Å². The Labute approximate surface area is 103 Å². The van der Waals surface area contributed by atoms with E-state index in [1.165, 1.54) is 24.3 Å². The fourth-order valence-corrected chi connectivity index (χ4v) is 1.81. The van der Waals surface area contributed by atoms with E-state index in [0.29, 0.717) is 0 Å². The molecule has 0 fully saturated rings. The van der Waals surface area contributed by atoms with Crippen molar-refractivity contribution < 1.29 is 8.78 Å². The van der Waals surface area contributed by atoms with Gasteiger partial charge in [0.2, 0.25) is 0 Å². The molecule has 0 aliphatic carbocycles. The third kappa shape index (κ3) is 2.46. The van der Waals surface area contributed by atoms with E-state index >= 15 is 0 Å². The van der Waals surface area contributed by atoms with E-state index in [9.17, 15) is 8.78 Å². The third-order valence-corrected chi connectivity index (χ3v) is 2.77. The van der Waals surface area contributed by atoms with E-state index in [4.69, 9.17) is 17.3 Å². The highest BCUT2D eigenvalue weighted by Gasteiger charge is 2.16. The molecule has 0 saturated carbocycles. The third-order valence-electron chi connectivity index (χ3n) is 2.54. The van der Waals surface area contributed by atoms with E-state index in [1.807, 2.05) is 0 Å². The zero-order valence-corrected chi connectivity index (χ0v) is 9.59. The molecule has 0 heterocycles. The Hall–Kier alpha value is -1.45. The maximum Gasteiger partial charge on any atom is 0.129 e. The minimum absolute atomic E-state index is 0.222. The van der Waals surface area contributed by atoms with Crippen LogP contribution >= 0.6 is 11.6 Å². The highest BCUT2D eigenvalue weighted by molar-refractivity contribution is 6.30. The number of hydrogen-bond donors (Lipinski definition) is 1. The topological polar surface area (TPSA) is 26.0 Å². The van der Waals surface area contributed by atoms with Gasteiger partial charge in [-0.3, -0.25) is 0 Å². The number of halogens is 3. The minimum atomic E-state index is -0.839. The van der Waals surface area contributed by atoms with E-state index in [-0.39, 0.29) is 16.1 Å². The van der Waals surface area contributed by atoms with Gasteiger partial charge in [-0.1, -0.05) is 35.9 Å². The average molecular weight is 254 g/mol. The second-order valence-corrected chi connectivity index (χ2v) is 4.10. The second kappa shape index (κ2) is 4.82. The highest BCUT2D eigenvalue weighted by Crippen LogP contribution is 2.25. The first-order valence-electron chi connectivity index (χ1n) is 5.04. The van der Waals surface area contributed by atoms with Gasteiger partial charge in [-0.15, -0.1) is 0 Å². The van der Waals surface area contributed by atoms with Crippen LogP contribution in [0.2, 0.25) is 5.02 Å². The molecule has 0 spiro atoms. The van der Waals surface area contributed by atoms with Crippen LogP contribution in [0.5, 0.6) is 0 Å². The Morgan fingerprint density at radius 3 is 2.24 bits per heavy atom.